The number of hydrogen-bond acceptors (Lipinski definition) is 5. The molecule has 3 amide bonds. The maximum absolute atomic E-state index is 14.8. The second kappa shape index (κ2) is 11.5. The van der Waals surface area contributed by atoms with Crippen LogP contribution in [0.1, 0.15) is 32.8 Å². The Labute approximate surface area is 262 Å². The Hall–Kier alpha value is -3.07. The number of benzene rings is 2. The van der Waals surface area contributed by atoms with Crippen molar-refractivity contribution in [3.05, 3.63) is 89.5 Å². The van der Waals surface area contributed by atoms with E-state index in [1.807, 2.05) is 86.4 Å². The molecule has 4 aliphatic rings. The van der Waals surface area contributed by atoms with Gasteiger partial charge in [0.1, 0.15) is 6.04 Å². The monoisotopic (exact) mass is 619 g/mol. The van der Waals surface area contributed by atoms with E-state index in [4.69, 9.17) is 11.6 Å². The van der Waals surface area contributed by atoms with E-state index in [1.165, 1.54) is 0 Å². The zero-order chi connectivity index (χ0) is 30.5. The molecule has 2 fully saturated rings. The summed E-state index contributed by atoms with van der Waals surface area (Å²) in [6, 6.07) is 15.5. The van der Waals surface area contributed by atoms with Crippen molar-refractivity contribution in [1.29, 1.82) is 0 Å². The van der Waals surface area contributed by atoms with Gasteiger partial charge in [0.15, 0.2) is 0 Å². The first-order valence-electron chi connectivity index (χ1n) is 15.0. The van der Waals surface area contributed by atoms with Crippen LogP contribution in [0.5, 0.6) is 0 Å². The van der Waals surface area contributed by atoms with E-state index in [0.29, 0.717) is 36.8 Å². The summed E-state index contributed by atoms with van der Waals surface area (Å²) in [5, 5.41) is 11.2. The predicted molar refractivity (Wildman–Crippen MR) is 171 cm³/mol. The van der Waals surface area contributed by atoms with Crippen LogP contribution in [0, 0.1) is 17.8 Å². The van der Waals surface area contributed by atoms with Gasteiger partial charge >= 0.3 is 0 Å². The van der Waals surface area contributed by atoms with Gasteiger partial charge in [-0.05, 0) is 49.1 Å². The van der Waals surface area contributed by atoms with Gasteiger partial charge in [0.2, 0.25) is 11.8 Å². The summed E-state index contributed by atoms with van der Waals surface area (Å²) in [7, 11) is 0. The third-order valence-corrected chi connectivity index (χ3v) is 11.3. The van der Waals surface area contributed by atoms with Crippen molar-refractivity contribution in [2.24, 2.45) is 17.8 Å². The van der Waals surface area contributed by atoms with Crippen molar-refractivity contribution < 1.29 is 19.5 Å². The Bertz CT molecular complexity index is 1460. The minimum atomic E-state index is -0.977. The Balaban J connectivity index is 1.46. The second-order valence-electron chi connectivity index (χ2n) is 12.6. The fourth-order valence-electron chi connectivity index (χ4n) is 7.52. The second-order valence-corrected chi connectivity index (χ2v) is 14.9. The Morgan fingerprint density at radius 1 is 0.930 bits per heavy atom. The van der Waals surface area contributed by atoms with Crippen molar-refractivity contribution in [2.75, 3.05) is 24.6 Å². The predicted octanol–water partition coefficient (Wildman–Crippen LogP) is 4.94. The lowest BCUT2D eigenvalue weighted by molar-refractivity contribution is -0.145. The van der Waals surface area contributed by atoms with Crippen LogP contribution in [-0.2, 0) is 20.9 Å². The van der Waals surface area contributed by atoms with Crippen molar-refractivity contribution in [1.82, 2.24) is 9.80 Å². The van der Waals surface area contributed by atoms with Gasteiger partial charge in [-0.3, -0.25) is 14.4 Å². The third-order valence-electron chi connectivity index (χ3n) is 9.28. The molecule has 1 N–H and O–H groups in total. The summed E-state index contributed by atoms with van der Waals surface area (Å²) < 4.78 is -1.67. The number of anilines is 1. The molecule has 7 nitrogen and oxygen atoms in total. The third kappa shape index (κ3) is 5.01. The summed E-state index contributed by atoms with van der Waals surface area (Å²) in [4.78, 5) is 49.2. The molecule has 9 heteroatoms. The van der Waals surface area contributed by atoms with E-state index in [1.54, 1.807) is 33.7 Å². The highest BCUT2D eigenvalue weighted by molar-refractivity contribution is 8.02. The molecule has 0 bridgehead atoms. The Kier molecular flexibility index (Phi) is 7.98. The van der Waals surface area contributed by atoms with Crippen LogP contribution >= 0.6 is 23.4 Å². The summed E-state index contributed by atoms with van der Waals surface area (Å²) in [6.07, 6.45) is 8.63. The van der Waals surface area contributed by atoms with Crippen molar-refractivity contribution >= 4 is 46.8 Å². The molecule has 6 atom stereocenters. The van der Waals surface area contributed by atoms with Crippen LogP contribution in [0.2, 0.25) is 5.02 Å². The molecule has 0 saturated carbocycles. The van der Waals surface area contributed by atoms with Gasteiger partial charge < -0.3 is 19.8 Å². The first kappa shape index (κ1) is 30.0. The first-order valence-corrected chi connectivity index (χ1v) is 16.2. The smallest absolute Gasteiger partial charge is 0.251 e. The highest BCUT2D eigenvalue weighted by Crippen LogP contribution is 2.66. The number of fused-ring (bicyclic) bond motifs is 2. The van der Waals surface area contributed by atoms with E-state index in [2.05, 4.69) is 6.08 Å². The lowest BCUT2D eigenvalue weighted by atomic mass is 9.74. The molecule has 43 heavy (non-hydrogen) atoms. The van der Waals surface area contributed by atoms with Crippen LogP contribution in [0.3, 0.4) is 0 Å². The summed E-state index contributed by atoms with van der Waals surface area (Å²) in [6.45, 7) is 7.07. The number of carbonyl (C=O) groups excluding carboxylic acids is 3. The van der Waals surface area contributed by atoms with Gasteiger partial charge in [-0.15, -0.1) is 11.8 Å². The number of aliphatic hydroxyl groups excluding tert-OH is 1. The highest BCUT2D eigenvalue weighted by Gasteiger charge is 2.74. The normalized spacial score (nSPS) is 30.8. The zero-order valence-corrected chi connectivity index (χ0v) is 26.3. The number of aliphatic hydroxyl groups is 1. The molecular weight excluding hydrogens is 582 g/mol. The zero-order valence-electron chi connectivity index (χ0n) is 24.7. The molecular formula is C34H38ClN3O4S. The molecule has 0 aromatic heterocycles. The molecule has 0 radical (unpaired) electrons. The largest absolute Gasteiger partial charge is 0.394 e. The van der Waals surface area contributed by atoms with Gasteiger partial charge in [-0.2, -0.15) is 0 Å². The van der Waals surface area contributed by atoms with Gasteiger partial charge in [-0.1, -0.05) is 80.1 Å². The average molecular weight is 620 g/mol. The molecule has 1 spiro atoms. The lowest BCUT2D eigenvalue weighted by Gasteiger charge is -2.40. The lowest BCUT2D eigenvalue weighted by Crippen LogP contribution is -2.57. The van der Waals surface area contributed by atoms with Crippen LogP contribution in [0.15, 0.2) is 78.9 Å². The van der Waals surface area contributed by atoms with E-state index in [-0.39, 0.29) is 30.2 Å². The summed E-state index contributed by atoms with van der Waals surface area (Å²) in [5.74, 6) is -1.76. The maximum atomic E-state index is 14.8. The van der Waals surface area contributed by atoms with E-state index in [0.717, 1.165) is 5.56 Å². The molecule has 2 saturated heterocycles. The van der Waals surface area contributed by atoms with Gasteiger partial charge in [0.25, 0.3) is 5.91 Å². The number of amides is 3. The number of likely N-dealkylation sites (tertiary alicyclic amines) is 1. The SMILES string of the molecule is CC(C)C[C@H](CO)N1C(=O)[C@@H]2[C@@H]3C(=O)N(Cc4ccccc4)CC=C[C@]3(C)S[C@@]23C=CCN(c2ccc(Cl)cc2)C(=O)C13. The van der Waals surface area contributed by atoms with Gasteiger partial charge in [-0.25, -0.2) is 0 Å². The quantitative estimate of drug-likeness (QED) is 0.444. The molecule has 226 valence electrons. The van der Waals surface area contributed by atoms with E-state index >= 15 is 0 Å². The van der Waals surface area contributed by atoms with Gasteiger partial charge in [0, 0.05) is 35.1 Å². The van der Waals surface area contributed by atoms with Crippen LogP contribution in [0.25, 0.3) is 0 Å². The van der Waals surface area contributed by atoms with Crippen LogP contribution in [0.4, 0.5) is 5.69 Å². The standard InChI is InChI=1S/C34H38ClN3O4S/c1-22(2)19-26(21-39)38-29-32(42)37(25-13-11-24(35)12-14-25)18-8-16-34(29)28(31(38)41)27-30(40)36(17-7-15-33(27,3)43-34)20-23-9-5-4-6-10-23/h4-16,22,26-29,39H,17-21H2,1-3H3/t26-,27-,28+,29?,33+,34+/m1/s1. The minimum absolute atomic E-state index is 0.0799. The number of hydrogen-bond donors (Lipinski definition) is 1. The van der Waals surface area contributed by atoms with Crippen molar-refractivity contribution in [3.63, 3.8) is 0 Å². The Morgan fingerprint density at radius 3 is 2.30 bits per heavy atom. The fourth-order valence-corrected chi connectivity index (χ4v) is 9.79. The molecule has 2 aromatic rings. The first-order chi connectivity index (χ1) is 20.6. The maximum Gasteiger partial charge on any atom is 0.251 e. The molecule has 6 rings (SSSR count). The molecule has 4 heterocycles. The summed E-state index contributed by atoms with van der Waals surface area (Å²) >= 11 is 7.72. The number of carbonyl (C=O) groups is 3. The molecule has 1 unspecified atom stereocenters. The van der Waals surface area contributed by atoms with Gasteiger partial charge in [0.05, 0.1) is 29.2 Å². The minimum Gasteiger partial charge on any atom is -0.394 e. The van der Waals surface area contributed by atoms with Crippen molar-refractivity contribution in [2.45, 2.75) is 55.3 Å². The number of nitrogens with zero attached hydrogens (tertiary/aromatic N) is 3. The molecule has 2 aromatic carbocycles. The Morgan fingerprint density at radius 2 is 1.63 bits per heavy atom. The fraction of sp³-hybridized carbons (Fsp3) is 0.441. The molecule has 0 aliphatic carbocycles. The summed E-state index contributed by atoms with van der Waals surface area (Å²) in [5.41, 5.74) is 1.70. The van der Waals surface area contributed by atoms with Crippen LogP contribution < -0.4 is 4.90 Å². The van der Waals surface area contributed by atoms with E-state index in [9.17, 15) is 19.5 Å². The topological polar surface area (TPSA) is 81.2 Å². The molecule has 4 aliphatic heterocycles. The number of thioether (sulfide) groups is 1. The van der Waals surface area contributed by atoms with Crippen LogP contribution in [-0.4, -0.2) is 73.9 Å². The average Bonchev–Trinajstić information content (AvgIpc) is 3.26. The highest BCUT2D eigenvalue weighted by atomic mass is 35.5. The number of rotatable bonds is 7. The van der Waals surface area contributed by atoms with E-state index < -0.39 is 33.4 Å². The van der Waals surface area contributed by atoms with Crippen molar-refractivity contribution in [3.8, 4) is 0 Å². The number of halogens is 1.